The fraction of sp³-hybridized carbons (Fsp3) is 0.333. The zero-order chi connectivity index (χ0) is 15.6. The molecule has 2 aromatic heterocycles. The standard InChI is InChI=1S/C18H18N2OS2/c1-12-2-4-14(5-3-12)15-10-23-18-16(15)17(19-11-20-18)22-9-13-6-7-21-8-13/h2-5,10-11,13H,6-9H2,1H3. The van der Waals surface area contributed by atoms with Gasteiger partial charge in [0, 0.05) is 23.3 Å². The van der Waals surface area contributed by atoms with Gasteiger partial charge >= 0.3 is 0 Å². The molecule has 1 aliphatic rings. The molecule has 1 aromatic carbocycles. The van der Waals surface area contributed by atoms with E-state index in [1.165, 1.54) is 22.1 Å². The second-order valence-electron chi connectivity index (χ2n) is 5.91. The number of aromatic nitrogens is 2. The van der Waals surface area contributed by atoms with E-state index in [2.05, 4.69) is 46.5 Å². The van der Waals surface area contributed by atoms with Crippen LogP contribution >= 0.6 is 23.1 Å². The lowest BCUT2D eigenvalue weighted by Crippen LogP contribution is -2.02. The van der Waals surface area contributed by atoms with Crippen LogP contribution in [0.3, 0.4) is 0 Å². The van der Waals surface area contributed by atoms with E-state index < -0.39 is 0 Å². The Hall–Kier alpha value is -1.43. The van der Waals surface area contributed by atoms with E-state index >= 15 is 0 Å². The van der Waals surface area contributed by atoms with Gasteiger partial charge in [-0.25, -0.2) is 9.97 Å². The number of hydrogen-bond acceptors (Lipinski definition) is 5. The molecule has 4 rings (SSSR count). The maximum Gasteiger partial charge on any atom is 0.128 e. The molecule has 1 unspecified atom stereocenters. The first kappa shape index (κ1) is 15.1. The monoisotopic (exact) mass is 342 g/mol. The van der Waals surface area contributed by atoms with Gasteiger partial charge < -0.3 is 4.74 Å². The largest absolute Gasteiger partial charge is 0.381 e. The fourth-order valence-electron chi connectivity index (χ4n) is 2.81. The minimum atomic E-state index is 0.645. The first-order chi connectivity index (χ1) is 11.3. The fourth-order valence-corrected chi connectivity index (χ4v) is 4.92. The van der Waals surface area contributed by atoms with Crippen LogP contribution in [0.15, 0.2) is 41.0 Å². The Bertz CT molecular complexity index is 808. The predicted molar refractivity (Wildman–Crippen MR) is 97.2 cm³/mol. The molecule has 3 aromatic rings. The molecule has 1 saturated heterocycles. The van der Waals surface area contributed by atoms with E-state index in [0.717, 1.165) is 35.2 Å². The highest BCUT2D eigenvalue weighted by atomic mass is 32.2. The van der Waals surface area contributed by atoms with Gasteiger partial charge in [-0.05, 0) is 24.8 Å². The van der Waals surface area contributed by atoms with E-state index in [1.807, 2.05) is 11.8 Å². The van der Waals surface area contributed by atoms with E-state index in [1.54, 1.807) is 17.7 Å². The third kappa shape index (κ3) is 3.13. The minimum Gasteiger partial charge on any atom is -0.381 e. The number of thiophene rings is 1. The van der Waals surface area contributed by atoms with Gasteiger partial charge in [-0.1, -0.05) is 29.8 Å². The molecule has 1 fully saturated rings. The Kier molecular flexibility index (Phi) is 4.33. The predicted octanol–water partition coefficient (Wildman–Crippen LogP) is 4.80. The van der Waals surface area contributed by atoms with Gasteiger partial charge in [0.15, 0.2) is 0 Å². The van der Waals surface area contributed by atoms with Crippen molar-refractivity contribution in [2.24, 2.45) is 5.92 Å². The maximum absolute atomic E-state index is 5.48. The third-order valence-electron chi connectivity index (χ3n) is 4.18. The van der Waals surface area contributed by atoms with Crippen LogP contribution < -0.4 is 0 Å². The molecule has 0 amide bonds. The normalized spacial score (nSPS) is 17.9. The topological polar surface area (TPSA) is 35.0 Å². The van der Waals surface area contributed by atoms with Crippen molar-refractivity contribution in [1.82, 2.24) is 9.97 Å². The Morgan fingerprint density at radius 1 is 1.26 bits per heavy atom. The number of thioether (sulfide) groups is 1. The summed E-state index contributed by atoms with van der Waals surface area (Å²) in [7, 11) is 0. The molecule has 118 valence electrons. The highest BCUT2D eigenvalue weighted by Crippen LogP contribution is 2.38. The number of fused-ring (bicyclic) bond motifs is 1. The quantitative estimate of drug-likeness (QED) is 0.504. The Morgan fingerprint density at radius 3 is 2.91 bits per heavy atom. The summed E-state index contributed by atoms with van der Waals surface area (Å²) in [6, 6.07) is 8.68. The van der Waals surface area contributed by atoms with E-state index in [9.17, 15) is 0 Å². The van der Waals surface area contributed by atoms with Crippen LogP contribution in [0.2, 0.25) is 0 Å². The average molecular weight is 342 g/mol. The molecule has 3 heterocycles. The third-order valence-corrected chi connectivity index (χ3v) is 6.29. The zero-order valence-electron chi connectivity index (χ0n) is 13.0. The second kappa shape index (κ2) is 6.59. The molecular formula is C18H18N2OS2. The molecule has 0 radical (unpaired) electrons. The molecule has 0 bridgehead atoms. The minimum absolute atomic E-state index is 0.645. The number of nitrogens with zero attached hydrogens (tertiary/aromatic N) is 2. The number of ether oxygens (including phenoxy) is 1. The van der Waals surface area contributed by atoms with Crippen LogP contribution in [0.5, 0.6) is 0 Å². The Balaban J connectivity index is 1.69. The number of benzene rings is 1. The Morgan fingerprint density at radius 2 is 2.13 bits per heavy atom. The van der Waals surface area contributed by atoms with Crippen molar-refractivity contribution in [3.63, 3.8) is 0 Å². The van der Waals surface area contributed by atoms with Gasteiger partial charge in [0.05, 0.1) is 12.0 Å². The summed E-state index contributed by atoms with van der Waals surface area (Å²) in [5, 5.41) is 4.50. The summed E-state index contributed by atoms with van der Waals surface area (Å²) in [5.41, 5.74) is 3.76. The molecule has 0 spiro atoms. The van der Waals surface area contributed by atoms with Crippen LogP contribution in [-0.2, 0) is 4.74 Å². The lowest BCUT2D eigenvalue weighted by Gasteiger charge is -2.08. The molecule has 3 nitrogen and oxygen atoms in total. The summed E-state index contributed by atoms with van der Waals surface area (Å²) < 4.78 is 5.48. The molecule has 5 heteroatoms. The molecule has 23 heavy (non-hydrogen) atoms. The molecule has 1 aliphatic heterocycles. The first-order valence-corrected chi connectivity index (χ1v) is 9.67. The van der Waals surface area contributed by atoms with Crippen molar-refractivity contribution in [3.05, 3.63) is 41.5 Å². The van der Waals surface area contributed by atoms with E-state index in [4.69, 9.17) is 4.74 Å². The molecule has 0 N–H and O–H groups in total. The lowest BCUT2D eigenvalue weighted by atomic mass is 10.1. The summed E-state index contributed by atoms with van der Waals surface area (Å²) >= 11 is 3.54. The van der Waals surface area contributed by atoms with Crippen molar-refractivity contribution >= 4 is 33.3 Å². The van der Waals surface area contributed by atoms with Crippen LogP contribution in [-0.4, -0.2) is 28.9 Å². The van der Waals surface area contributed by atoms with Crippen LogP contribution in [0.4, 0.5) is 0 Å². The van der Waals surface area contributed by atoms with Gasteiger partial charge in [0.1, 0.15) is 16.2 Å². The molecule has 0 aliphatic carbocycles. The van der Waals surface area contributed by atoms with Gasteiger partial charge in [-0.15, -0.1) is 23.1 Å². The van der Waals surface area contributed by atoms with Crippen LogP contribution in [0.1, 0.15) is 12.0 Å². The van der Waals surface area contributed by atoms with Crippen LogP contribution in [0, 0.1) is 12.8 Å². The maximum atomic E-state index is 5.48. The average Bonchev–Trinajstić information content (AvgIpc) is 3.23. The second-order valence-corrected chi connectivity index (χ2v) is 7.78. The van der Waals surface area contributed by atoms with Crippen molar-refractivity contribution in [2.45, 2.75) is 18.4 Å². The van der Waals surface area contributed by atoms with Gasteiger partial charge in [-0.3, -0.25) is 0 Å². The summed E-state index contributed by atoms with van der Waals surface area (Å²) in [6.45, 7) is 3.90. The van der Waals surface area contributed by atoms with Gasteiger partial charge in [-0.2, -0.15) is 0 Å². The SMILES string of the molecule is Cc1ccc(-c2csc3ncnc(SCC4CCOC4)c23)cc1. The van der Waals surface area contributed by atoms with Gasteiger partial charge in [0.2, 0.25) is 0 Å². The molecular weight excluding hydrogens is 324 g/mol. The van der Waals surface area contributed by atoms with Crippen molar-refractivity contribution in [1.29, 1.82) is 0 Å². The Labute approximate surface area is 144 Å². The highest BCUT2D eigenvalue weighted by molar-refractivity contribution is 7.99. The smallest absolute Gasteiger partial charge is 0.128 e. The molecule has 0 saturated carbocycles. The highest BCUT2D eigenvalue weighted by Gasteiger charge is 2.18. The summed E-state index contributed by atoms with van der Waals surface area (Å²) in [6.07, 6.45) is 2.85. The molecule has 1 atom stereocenters. The van der Waals surface area contributed by atoms with Crippen molar-refractivity contribution < 1.29 is 4.74 Å². The van der Waals surface area contributed by atoms with Crippen LogP contribution in [0.25, 0.3) is 21.3 Å². The zero-order valence-corrected chi connectivity index (χ0v) is 14.6. The summed E-state index contributed by atoms with van der Waals surface area (Å²) in [5.74, 6) is 1.71. The van der Waals surface area contributed by atoms with E-state index in [0.29, 0.717) is 5.92 Å². The number of hydrogen-bond donors (Lipinski definition) is 0. The number of aryl methyl sites for hydroxylation is 1. The number of rotatable bonds is 4. The van der Waals surface area contributed by atoms with Crippen molar-refractivity contribution in [2.75, 3.05) is 19.0 Å². The van der Waals surface area contributed by atoms with E-state index in [-0.39, 0.29) is 0 Å². The van der Waals surface area contributed by atoms with Gasteiger partial charge in [0.25, 0.3) is 0 Å². The lowest BCUT2D eigenvalue weighted by molar-refractivity contribution is 0.189. The summed E-state index contributed by atoms with van der Waals surface area (Å²) in [4.78, 5) is 10.1. The first-order valence-electron chi connectivity index (χ1n) is 7.81. The van der Waals surface area contributed by atoms with Crippen molar-refractivity contribution in [3.8, 4) is 11.1 Å².